The van der Waals surface area contributed by atoms with Gasteiger partial charge < -0.3 is 10.2 Å². The number of hydrogen-bond donors (Lipinski definition) is 1. The van der Waals surface area contributed by atoms with Crippen LogP contribution in [0.3, 0.4) is 0 Å². The van der Waals surface area contributed by atoms with E-state index in [1.165, 1.54) is 17.0 Å². The average molecular weight is 533 g/mol. The van der Waals surface area contributed by atoms with E-state index < -0.39 is 33.4 Å². The second-order valence-electron chi connectivity index (χ2n) is 8.89. The molecule has 0 heterocycles. The number of carbonyl (C=O) groups excluding carboxylic acids is 2. The molecule has 0 saturated carbocycles. The van der Waals surface area contributed by atoms with Crippen molar-refractivity contribution in [3.8, 4) is 0 Å². The Morgan fingerprint density at radius 1 is 1.11 bits per heavy atom. The molecule has 10 nitrogen and oxygen atoms in total. The van der Waals surface area contributed by atoms with E-state index in [2.05, 4.69) is 5.32 Å². The van der Waals surface area contributed by atoms with Crippen LogP contribution in [0.2, 0.25) is 0 Å². The molecular weight excluding hydrogens is 496 g/mol. The van der Waals surface area contributed by atoms with Gasteiger partial charge in [0, 0.05) is 25.2 Å². The van der Waals surface area contributed by atoms with Crippen molar-refractivity contribution >= 4 is 33.2 Å². The Morgan fingerprint density at radius 2 is 1.78 bits per heavy atom. The summed E-state index contributed by atoms with van der Waals surface area (Å²) in [6, 6.07) is 12.6. The number of non-ortho nitro benzene ring substituents is 1. The number of amides is 2. The molecule has 0 radical (unpaired) electrons. The second kappa shape index (κ2) is 13.7. The van der Waals surface area contributed by atoms with Crippen molar-refractivity contribution in [1.29, 1.82) is 0 Å². The normalized spacial score (nSPS) is 12.0. The van der Waals surface area contributed by atoms with Gasteiger partial charge in [-0.1, -0.05) is 56.7 Å². The van der Waals surface area contributed by atoms with Gasteiger partial charge in [-0.3, -0.25) is 24.0 Å². The zero-order valence-corrected chi connectivity index (χ0v) is 22.7. The third kappa shape index (κ3) is 8.56. The molecule has 0 aliphatic carbocycles. The molecule has 202 valence electrons. The third-order valence-corrected chi connectivity index (χ3v) is 7.18. The summed E-state index contributed by atoms with van der Waals surface area (Å²) in [4.78, 5) is 38.8. The molecule has 0 aliphatic rings. The van der Waals surface area contributed by atoms with Gasteiger partial charge in [0.15, 0.2) is 0 Å². The number of aryl methyl sites for hydroxylation is 1. The van der Waals surface area contributed by atoms with Crippen LogP contribution >= 0.6 is 0 Å². The molecule has 2 rings (SSSR count). The lowest BCUT2D eigenvalue weighted by molar-refractivity contribution is -0.384. The van der Waals surface area contributed by atoms with E-state index in [1.807, 2.05) is 37.3 Å². The van der Waals surface area contributed by atoms with Crippen LogP contribution in [0, 0.1) is 17.0 Å². The number of anilines is 1. The van der Waals surface area contributed by atoms with E-state index in [4.69, 9.17) is 0 Å². The minimum absolute atomic E-state index is 0.0495. The Kier molecular flexibility index (Phi) is 11.0. The van der Waals surface area contributed by atoms with Crippen molar-refractivity contribution in [3.05, 3.63) is 69.8 Å². The molecule has 1 N–H and O–H groups in total. The van der Waals surface area contributed by atoms with Crippen LogP contribution in [0.15, 0.2) is 48.5 Å². The van der Waals surface area contributed by atoms with Crippen LogP contribution in [0.25, 0.3) is 0 Å². The summed E-state index contributed by atoms with van der Waals surface area (Å²) in [7, 11) is -3.99. The maximum absolute atomic E-state index is 13.7. The van der Waals surface area contributed by atoms with Crippen molar-refractivity contribution in [1.82, 2.24) is 10.2 Å². The number of nitro groups is 1. The highest BCUT2D eigenvalue weighted by molar-refractivity contribution is 7.92. The molecule has 11 heteroatoms. The number of benzene rings is 2. The number of nitrogens with zero attached hydrogens (tertiary/aromatic N) is 3. The highest BCUT2D eigenvalue weighted by atomic mass is 32.2. The maximum Gasteiger partial charge on any atom is 0.271 e. The van der Waals surface area contributed by atoms with Crippen LogP contribution < -0.4 is 9.62 Å². The van der Waals surface area contributed by atoms with Gasteiger partial charge in [-0.2, -0.15) is 0 Å². The number of sulfonamides is 1. The highest BCUT2D eigenvalue weighted by Crippen LogP contribution is 2.27. The lowest BCUT2D eigenvalue weighted by Gasteiger charge is -2.33. The van der Waals surface area contributed by atoms with E-state index in [1.54, 1.807) is 13.8 Å². The molecule has 0 aliphatic heterocycles. The first kappa shape index (κ1) is 29.8. The second-order valence-corrected chi connectivity index (χ2v) is 10.8. The first-order valence-corrected chi connectivity index (χ1v) is 14.2. The van der Waals surface area contributed by atoms with Crippen molar-refractivity contribution in [3.63, 3.8) is 0 Å². The number of nitrogens with one attached hydrogen (secondary N) is 1. The van der Waals surface area contributed by atoms with Gasteiger partial charge in [0.05, 0.1) is 16.9 Å². The summed E-state index contributed by atoms with van der Waals surface area (Å²) < 4.78 is 26.4. The molecule has 37 heavy (non-hydrogen) atoms. The predicted octanol–water partition coefficient (Wildman–Crippen LogP) is 3.44. The van der Waals surface area contributed by atoms with E-state index in [0.29, 0.717) is 24.9 Å². The molecule has 2 aromatic rings. The van der Waals surface area contributed by atoms with E-state index in [-0.39, 0.29) is 23.8 Å². The zero-order valence-electron chi connectivity index (χ0n) is 21.8. The summed E-state index contributed by atoms with van der Waals surface area (Å²) in [5.41, 5.74) is 1.19. The van der Waals surface area contributed by atoms with Gasteiger partial charge in [-0.25, -0.2) is 8.42 Å². The molecular formula is C26H36N4O6S. The maximum atomic E-state index is 13.7. The molecule has 2 amide bonds. The monoisotopic (exact) mass is 532 g/mol. The summed E-state index contributed by atoms with van der Waals surface area (Å²) in [5.74, 6) is -0.862. The highest BCUT2D eigenvalue weighted by Gasteiger charge is 2.32. The lowest BCUT2D eigenvalue weighted by Crippen LogP contribution is -2.53. The van der Waals surface area contributed by atoms with Crippen LogP contribution in [0.1, 0.15) is 44.2 Å². The molecule has 0 aromatic heterocycles. The van der Waals surface area contributed by atoms with Gasteiger partial charge >= 0.3 is 0 Å². The zero-order chi connectivity index (χ0) is 27.6. The van der Waals surface area contributed by atoms with Crippen LogP contribution in [-0.4, -0.2) is 62.0 Å². The Balaban J connectivity index is 2.42. The first-order valence-electron chi connectivity index (χ1n) is 12.3. The summed E-state index contributed by atoms with van der Waals surface area (Å²) in [6.45, 7) is 5.52. The Hall–Kier alpha value is -3.47. The SMILES string of the molecule is CCCCNC(=O)[C@H](CC)N(CCc1ccccc1)C(=O)CN(c1cc([N+](=O)[O-])ccc1C)S(C)(=O)=O. The molecule has 0 bridgehead atoms. The number of unbranched alkanes of at least 4 members (excludes halogenated alkanes) is 1. The first-order chi connectivity index (χ1) is 17.5. The minimum atomic E-state index is -3.99. The summed E-state index contributed by atoms with van der Waals surface area (Å²) >= 11 is 0. The fourth-order valence-electron chi connectivity index (χ4n) is 3.98. The van der Waals surface area contributed by atoms with Crippen molar-refractivity contribution in [2.45, 2.75) is 52.5 Å². The van der Waals surface area contributed by atoms with Gasteiger partial charge in [0.2, 0.25) is 21.8 Å². The van der Waals surface area contributed by atoms with Gasteiger partial charge in [-0.05, 0) is 37.3 Å². The van der Waals surface area contributed by atoms with E-state index >= 15 is 0 Å². The van der Waals surface area contributed by atoms with Gasteiger partial charge in [0.25, 0.3) is 5.69 Å². The largest absolute Gasteiger partial charge is 0.354 e. The number of nitro benzene ring substituents is 1. The van der Waals surface area contributed by atoms with Crippen molar-refractivity contribution in [2.24, 2.45) is 0 Å². The van der Waals surface area contributed by atoms with Crippen LogP contribution in [0.4, 0.5) is 11.4 Å². The molecule has 0 fully saturated rings. The van der Waals surface area contributed by atoms with Crippen LogP contribution in [0.5, 0.6) is 0 Å². The number of carbonyl (C=O) groups is 2. The van der Waals surface area contributed by atoms with Crippen molar-refractivity contribution < 1.29 is 22.9 Å². The fourth-order valence-corrected chi connectivity index (χ4v) is 4.88. The quantitative estimate of drug-likeness (QED) is 0.225. The molecule has 1 atom stereocenters. The van der Waals surface area contributed by atoms with Crippen LogP contribution in [-0.2, 0) is 26.0 Å². The molecule has 0 spiro atoms. The molecule has 2 aromatic carbocycles. The smallest absolute Gasteiger partial charge is 0.271 e. The molecule has 0 unspecified atom stereocenters. The van der Waals surface area contributed by atoms with E-state index in [9.17, 15) is 28.1 Å². The summed E-state index contributed by atoms with van der Waals surface area (Å²) in [6.07, 6.45) is 3.46. The average Bonchev–Trinajstić information content (AvgIpc) is 2.85. The predicted molar refractivity (Wildman–Crippen MR) is 144 cm³/mol. The van der Waals surface area contributed by atoms with Gasteiger partial charge in [-0.15, -0.1) is 0 Å². The number of hydrogen-bond acceptors (Lipinski definition) is 6. The topological polar surface area (TPSA) is 130 Å². The minimum Gasteiger partial charge on any atom is -0.354 e. The molecule has 0 saturated heterocycles. The third-order valence-electron chi connectivity index (χ3n) is 6.05. The summed E-state index contributed by atoms with van der Waals surface area (Å²) in [5, 5.41) is 14.2. The van der Waals surface area contributed by atoms with Crippen molar-refractivity contribution in [2.75, 3.05) is 30.2 Å². The lowest BCUT2D eigenvalue weighted by atomic mass is 10.1. The fraction of sp³-hybridized carbons (Fsp3) is 0.462. The van der Waals surface area contributed by atoms with Gasteiger partial charge in [0.1, 0.15) is 12.6 Å². The van der Waals surface area contributed by atoms with E-state index in [0.717, 1.165) is 35.0 Å². The Morgan fingerprint density at radius 3 is 2.35 bits per heavy atom. The number of rotatable bonds is 14. The standard InChI is InChI=1S/C26H36N4O6S/c1-5-7-16-27-26(32)23(6-2)28(17-15-21-11-9-8-10-12-21)25(31)19-29(37(4,35)36)24-18-22(30(33)34)14-13-20(24)3/h8-14,18,23H,5-7,15-17,19H2,1-4H3,(H,27,32)/t23-/m0/s1. The Labute approximate surface area is 218 Å². The Bertz CT molecular complexity index is 1190.